The summed E-state index contributed by atoms with van der Waals surface area (Å²) in [5.74, 6) is -1.86. The third-order valence-electron chi connectivity index (χ3n) is 6.63. The van der Waals surface area contributed by atoms with E-state index in [1.165, 1.54) is 27.7 Å². The Balaban J connectivity index is 5.93. The van der Waals surface area contributed by atoms with E-state index in [0.717, 1.165) is 0 Å². The summed E-state index contributed by atoms with van der Waals surface area (Å²) >= 11 is 0. The molecular formula is C26H42O4. The third kappa shape index (κ3) is 6.85. The molecule has 0 aromatic carbocycles. The van der Waals surface area contributed by atoms with Gasteiger partial charge in [0.1, 0.15) is 23.1 Å². The Labute approximate surface area is 183 Å². The van der Waals surface area contributed by atoms with E-state index in [4.69, 9.17) is 0 Å². The Hall–Kier alpha value is -1.84. The van der Waals surface area contributed by atoms with Crippen molar-refractivity contribution in [1.82, 2.24) is 0 Å². The number of Topliss-reactive ketones (excluding diaryl/α,β-unsaturated/α-hetero) is 4. The number of ketones is 4. The van der Waals surface area contributed by atoms with Crippen LogP contribution in [0.15, 0.2) is 24.3 Å². The monoisotopic (exact) mass is 418 g/mol. The summed E-state index contributed by atoms with van der Waals surface area (Å²) < 4.78 is 0. The lowest BCUT2D eigenvalue weighted by Crippen LogP contribution is -2.36. The van der Waals surface area contributed by atoms with E-state index in [-0.39, 0.29) is 34.0 Å². The minimum Gasteiger partial charge on any atom is -0.299 e. The summed E-state index contributed by atoms with van der Waals surface area (Å²) in [5, 5.41) is 0. The highest BCUT2D eigenvalue weighted by molar-refractivity contribution is 6.01. The van der Waals surface area contributed by atoms with Crippen LogP contribution in [0.1, 0.15) is 83.1 Å². The molecule has 4 heteroatoms. The van der Waals surface area contributed by atoms with Crippen molar-refractivity contribution >= 4 is 23.1 Å². The van der Waals surface area contributed by atoms with E-state index in [1.807, 2.05) is 39.8 Å². The van der Waals surface area contributed by atoms with Crippen LogP contribution in [-0.2, 0) is 19.2 Å². The fourth-order valence-corrected chi connectivity index (χ4v) is 4.14. The van der Waals surface area contributed by atoms with Crippen LogP contribution in [0, 0.1) is 33.5 Å². The molecule has 0 bridgehead atoms. The predicted molar refractivity (Wildman–Crippen MR) is 123 cm³/mol. The molecule has 0 saturated heterocycles. The number of carbonyl (C=O) groups is 4. The van der Waals surface area contributed by atoms with Gasteiger partial charge in [-0.05, 0) is 49.4 Å². The van der Waals surface area contributed by atoms with E-state index >= 15 is 0 Å². The molecule has 170 valence electrons. The van der Waals surface area contributed by atoms with Crippen LogP contribution in [0.2, 0.25) is 0 Å². The lowest BCUT2D eigenvalue weighted by Gasteiger charge is -2.40. The third-order valence-corrected chi connectivity index (χ3v) is 6.63. The number of hydrogen-bond donors (Lipinski definition) is 0. The second-order valence-corrected chi connectivity index (χ2v) is 11.1. The van der Waals surface area contributed by atoms with Crippen LogP contribution >= 0.6 is 0 Å². The summed E-state index contributed by atoms with van der Waals surface area (Å²) in [5.41, 5.74) is -1.81. The molecule has 0 aromatic heterocycles. The highest BCUT2D eigenvalue weighted by atomic mass is 16.2. The molecule has 0 amide bonds. The molecule has 0 heterocycles. The molecule has 0 spiro atoms. The zero-order chi connectivity index (χ0) is 24.3. The van der Waals surface area contributed by atoms with Crippen LogP contribution in [0.3, 0.4) is 0 Å². The number of rotatable bonds is 11. The maximum absolute atomic E-state index is 12.0. The van der Waals surface area contributed by atoms with Gasteiger partial charge in [0.2, 0.25) is 0 Å². The lowest BCUT2D eigenvalue weighted by atomic mass is 9.64. The highest BCUT2D eigenvalue weighted by Gasteiger charge is 2.39. The normalized spacial score (nSPS) is 14.2. The van der Waals surface area contributed by atoms with E-state index < -0.39 is 22.7 Å². The first-order chi connectivity index (χ1) is 13.2. The molecule has 0 aromatic rings. The van der Waals surface area contributed by atoms with Crippen LogP contribution in [-0.4, -0.2) is 23.1 Å². The van der Waals surface area contributed by atoms with Crippen molar-refractivity contribution in [3.63, 3.8) is 0 Å². The quantitative estimate of drug-likeness (QED) is 0.314. The van der Waals surface area contributed by atoms with Crippen LogP contribution < -0.4 is 0 Å². The van der Waals surface area contributed by atoms with E-state index in [1.54, 1.807) is 0 Å². The Morgan fingerprint density at radius 2 is 0.667 bits per heavy atom. The molecule has 0 saturated carbocycles. The SMILES string of the molecule is CC(=O)C(C(C)=O)C(C)(C)/C=C/C(C)(C)C(C)(C)/C=C/C(C)(C)C(C(C)=O)C(C)=O. The van der Waals surface area contributed by atoms with Gasteiger partial charge in [0, 0.05) is 0 Å². The standard InChI is InChI=1S/C26H42O4/c1-17(27)21(18(2)28)23(5,6)13-15-25(9,10)26(11,12)16-14-24(7,8)22(19(3)29)20(4)30/h13-16,21-22H,1-12H3/b15-13+,16-14+. The topological polar surface area (TPSA) is 68.3 Å². The second-order valence-electron chi connectivity index (χ2n) is 11.1. The van der Waals surface area contributed by atoms with Gasteiger partial charge in [0.15, 0.2) is 0 Å². The number of hydrogen-bond acceptors (Lipinski definition) is 4. The zero-order valence-corrected chi connectivity index (χ0v) is 21.1. The van der Waals surface area contributed by atoms with E-state index in [0.29, 0.717) is 0 Å². The van der Waals surface area contributed by atoms with Crippen molar-refractivity contribution in [2.24, 2.45) is 33.5 Å². The fourth-order valence-electron chi connectivity index (χ4n) is 4.14. The minimum absolute atomic E-state index is 0.129. The van der Waals surface area contributed by atoms with Crippen molar-refractivity contribution in [3.05, 3.63) is 24.3 Å². The zero-order valence-electron chi connectivity index (χ0n) is 21.1. The van der Waals surface area contributed by atoms with Gasteiger partial charge in [-0.2, -0.15) is 0 Å². The molecular weight excluding hydrogens is 376 g/mol. The van der Waals surface area contributed by atoms with Crippen LogP contribution in [0.5, 0.6) is 0 Å². The first kappa shape index (κ1) is 28.2. The summed E-state index contributed by atoms with van der Waals surface area (Å²) in [6.07, 6.45) is 8.07. The fraction of sp³-hybridized carbons (Fsp3) is 0.692. The number of carbonyl (C=O) groups excluding carboxylic acids is 4. The first-order valence-electron chi connectivity index (χ1n) is 10.6. The molecule has 0 aliphatic rings. The maximum atomic E-state index is 12.0. The average molecular weight is 419 g/mol. The Kier molecular flexibility index (Phi) is 8.95. The summed E-state index contributed by atoms with van der Waals surface area (Å²) in [6.45, 7) is 21.9. The molecule has 4 nitrogen and oxygen atoms in total. The van der Waals surface area contributed by atoms with E-state index in [9.17, 15) is 19.2 Å². The van der Waals surface area contributed by atoms with Gasteiger partial charge in [-0.25, -0.2) is 0 Å². The summed E-state index contributed by atoms with van der Waals surface area (Å²) in [6, 6.07) is 0. The molecule has 0 radical (unpaired) electrons. The first-order valence-corrected chi connectivity index (χ1v) is 10.6. The van der Waals surface area contributed by atoms with Gasteiger partial charge in [0.25, 0.3) is 0 Å². The van der Waals surface area contributed by atoms with Crippen molar-refractivity contribution in [2.75, 3.05) is 0 Å². The van der Waals surface area contributed by atoms with Gasteiger partial charge in [-0.3, -0.25) is 19.2 Å². The Morgan fingerprint density at radius 3 is 0.833 bits per heavy atom. The summed E-state index contributed by atoms with van der Waals surface area (Å²) in [4.78, 5) is 48.1. The molecule has 0 aliphatic heterocycles. The molecule has 0 fully saturated rings. The lowest BCUT2D eigenvalue weighted by molar-refractivity contribution is -0.135. The van der Waals surface area contributed by atoms with Crippen LogP contribution in [0.4, 0.5) is 0 Å². The van der Waals surface area contributed by atoms with E-state index in [2.05, 4.69) is 39.8 Å². The van der Waals surface area contributed by atoms with Crippen molar-refractivity contribution in [1.29, 1.82) is 0 Å². The van der Waals surface area contributed by atoms with Crippen LogP contribution in [0.25, 0.3) is 0 Å². The maximum Gasteiger partial charge on any atom is 0.141 e. The average Bonchev–Trinajstić information content (AvgIpc) is 2.49. The molecule has 0 N–H and O–H groups in total. The van der Waals surface area contributed by atoms with Gasteiger partial charge in [-0.1, -0.05) is 79.7 Å². The van der Waals surface area contributed by atoms with Crippen molar-refractivity contribution in [2.45, 2.75) is 83.1 Å². The summed E-state index contributed by atoms with van der Waals surface area (Å²) in [7, 11) is 0. The Morgan fingerprint density at radius 1 is 0.467 bits per heavy atom. The minimum atomic E-state index is -0.672. The molecule has 0 unspecified atom stereocenters. The van der Waals surface area contributed by atoms with Gasteiger partial charge < -0.3 is 0 Å². The predicted octanol–water partition coefficient (Wildman–Crippen LogP) is 5.79. The van der Waals surface area contributed by atoms with Crippen molar-refractivity contribution < 1.29 is 19.2 Å². The molecule has 0 aliphatic carbocycles. The molecule has 0 atom stereocenters. The van der Waals surface area contributed by atoms with Gasteiger partial charge >= 0.3 is 0 Å². The molecule has 30 heavy (non-hydrogen) atoms. The molecule has 0 rings (SSSR count). The van der Waals surface area contributed by atoms with Crippen molar-refractivity contribution in [3.8, 4) is 0 Å². The smallest absolute Gasteiger partial charge is 0.141 e. The highest BCUT2D eigenvalue weighted by Crippen LogP contribution is 2.44. The second kappa shape index (κ2) is 9.53. The largest absolute Gasteiger partial charge is 0.299 e. The van der Waals surface area contributed by atoms with Gasteiger partial charge in [-0.15, -0.1) is 0 Å². The number of allylic oxidation sites excluding steroid dienone is 4. The van der Waals surface area contributed by atoms with Gasteiger partial charge in [0.05, 0.1) is 11.8 Å². The Bertz CT molecular complexity index is 653.